The maximum atomic E-state index is 11.7. The van der Waals surface area contributed by atoms with E-state index in [2.05, 4.69) is 13.2 Å². The van der Waals surface area contributed by atoms with Gasteiger partial charge in [-0.05, 0) is 106 Å². The number of ether oxygens (including phenoxy) is 3. The van der Waals surface area contributed by atoms with Crippen molar-refractivity contribution in [3.8, 4) is 0 Å². The first-order chi connectivity index (χ1) is 15.8. The molecule has 184 valence electrons. The fraction of sp³-hybridized carbons (Fsp3) is 0.786. The number of carbonyl (C=O) groups is 2. The molecule has 5 heteroatoms. The Morgan fingerprint density at radius 3 is 1.97 bits per heavy atom. The van der Waals surface area contributed by atoms with Crippen molar-refractivity contribution in [2.75, 3.05) is 26.4 Å². The van der Waals surface area contributed by atoms with Gasteiger partial charge < -0.3 is 14.2 Å². The van der Waals surface area contributed by atoms with Gasteiger partial charge in [-0.3, -0.25) is 0 Å². The Kier molecular flexibility index (Phi) is 7.99. The van der Waals surface area contributed by atoms with E-state index in [1.807, 2.05) is 0 Å². The van der Waals surface area contributed by atoms with E-state index in [1.165, 1.54) is 38.5 Å². The molecule has 0 spiro atoms. The minimum absolute atomic E-state index is 0.250. The number of hydrogen-bond donors (Lipinski definition) is 0. The first-order valence-electron chi connectivity index (χ1n) is 13.0. The van der Waals surface area contributed by atoms with Gasteiger partial charge in [0.25, 0.3) is 0 Å². The highest BCUT2D eigenvalue weighted by Crippen LogP contribution is 2.62. The van der Waals surface area contributed by atoms with Crippen molar-refractivity contribution in [1.29, 1.82) is 0 Å². The minimum atomic E-state index is -0.272. The van der Waals surface area contributed by atoms with Crippen LogP contribution in [0.15, 0.2) is 24.3 Å². The molecule has 4 aliphatic carbocycles. The van der Waals surface area contributed by atoms with Crippen molar-refractivity contribution in [2.45, 2.75) is 65.2 Å². The minimum Gasteiger partial charge on any atom is -0.462 e. The Balaban J connectivity index is 1.16. The first kappa shape index (κ1) is 24.5. The van der Waals surface area contributed by atoms with Gasteiger partial charge in [-0.25, -0.2) is 9.59 Å². The van der Waals surface area contributed by atoms with Gasteiger partial charge in [-0.1, -0.05) is 19.6 Å². The molecular formula is C28H42O5. The van der Waals surface area contributed by atoms with E-state index in [1.54, 1.807) is 13.8 Å². The molecule has 8 unspecified atom stereocenters. The van der Waals surface area contributed by atoms with Crippen molar-refractivity contribution in [2.24, 2.45) is 47.3 Å². The van der Waals surface area contributed by atoms with E-state index in [9.17, 15) is 9.59 Å². The van der Waals surface area contributed by atoms with Crippen molar-refractivity contribution >= 4 is 11.9 Å². The Hall–Kier alpha value is -1.62. The zero-order valence-electron chi connectivity index (χ0n) is 20.6. The summed E-state index contributed by atoms with van der Waals surface area (Å²) in [5.41, 5.74) is 0.961. The molecule has 0 aromatic carbocycles. The van der Waals surface area contributed by atoms with Crippen molar-refractivity contribution in [3.63, 3.8) is 0 Å². The lowest BCUT2D eigenvalue weighted by Gasteiger charge is -2.32. The van der Waals surface area contributed by atoms with E-state index in [-0.39, 0.29) is 11.9 Å². The molecule has 0 amide bonds. The summed E-state index contributed by atoms with van der Waals surface area (Å²) in [6.45, 7) is 13.6. The van der Waals surface area contributed by atoms with Gasteiger partial charge in [0, 0.05) is 24.4 Å². The molecular weight excluding hydrogens is 416 g/mol. The maximum absolute atomic E-state index is 11.7. The normalized spacial score (nSPS) is 36.9. The molecule has 4 saturated carbocycles. The van der Waals surface area contributed by atoms with E-state index < -0.39 is 0 Å². The molecule has 5 nitrogen and oxygen atoms in total. The third-order valence-electron chi connectivity index (χ3n) is 8.88. The highest BCUT2D eigenvalue weighted by Gasteiger charge is 2.55. The van der Waals surface area contributed by atoms with Gasteiger partial charge in [0.1, 0.15) is 0 Å². The van der Waals surface area contributed by atoms with Crippen LogP contribution in [-0.4, -0.2) is 38.4 Å². The molecule has 0 N–H and O–H groups in total. The van der Waals surface area contributed by atoms with E-state index in [0.717, 1.165) is 49.7 Å². The molecule has 0 heterocycles. The molecule has 0 radical (unpaired) electrons. The average molecular weight is 459 g/mol. The Morgan fingerprint density at radius 2 is 1.30 bits per heavy atom. The van der Waals surface area contributed by atoms with Crippen molar-refractivity contribution in [1.82, 2.24) is 0 Å². The van der Waals surface area contributed by atoms with Crippen LogP contribution in [0.5, 0.6) is 0 Å². The number of carbonyl (C=O) groups excluding carboxylic acids is 2. The molecule has 33 heavy (non-hydrogen) atoms. The summed E-state index contributed by atoms with van der Waals surface area (Å²) in [6, 6.07) is 0. The van der Waals surface area contributed by atoms with Crippen LogP contribution in [0, 0.1) is 47.3 Å². The van der Waals surface area contributed by atoms with Crippen molar-refractivity contribution < 1.29 is 23.8 Å². The molecule has 0 saturated heterocycles. The standard InChI is InChI=1S/C28H42O5/c1-17(2)27(29)32-14-20-7-5-6-19(8-20)13-31-16-23-11-22-12-25(23)26-10-21(9-24(22)26)15-33-28(30)18(3)4/h19-26H,1,3,5-16H2,2,4H3. The van der Waals surface area contributed by atoms with Gasteiger partial charge in [0.15, 0.2) is 0 Å². The van der Waals surface area contributed by atoms with Gasteiger partial charge >= 0.3 is 11.9 Å². The summed E-state index contributed by atoms with van der Waals surface area (Å²) in [7, 11) is 0. The third-order valence-corrected chi connectivity index (χ3v) is 8.88. The smallest absolute Gasteiger partial charge is 0.333 e. The molecule has 0 aliphatic heterocycles. The fourth-order valence-electron chi connectivity index (χ4n) is 7.38. The van der Waals surface area contributed by atoms with Gasteiger partial charge in [0.05, 0.1) is 13.2 Å². The topological polar surface area (TPSA) is 61.8 Å². The summed E-state index contributed by atoms with van der Waals surface area (Å²) >= 11 is 0. The predicted octanol–water partition coefficient (Wildman–Crippen LogP) is 5.35. The molecule has 4 rings (SSSR count). The molecule has 0 aromatic rings. The largest absolute Gasteiger partial charge is 0.462 e. The first-order valence-corrected chi connectivity index (χ1v) is 13.0. The highest BCUT2D eigenvalue weighted by atomic mass is 16.5. The Morgan fingerprint density at radius 1 is 0.697 bits per heavy atom. The maximum Gasteiger partial charge on any atom is 0.333 e. The predicted molar refractivity (Wildman–Crippen MR) is 127 cm³/mol. The van der Waals surface area contributed by atoms with Crippen LogP contribution in [0.4, 0.5) is 0 Å². The van der Waals surface area contributed by atoms with Crippen molar-refractivity contribution in [3.05, 3.63) is 24.3 Å². The Labute approximate surface area is 199 Å². The number of hydrogen-bond acceptors (Lipinski definition) is 5. The monoisotopic (exact) mass is 458 g/mol. The molecule has 4 fully saturated rings. The second-order valence-electron chi connectivity index (χ2n) is 11.5. The van der Waals surface area contributed by atoms with Crippen LogP contribution < -0.4 is 0 Å². The van der Waals surface area contributed by atoms with Crippen LogP contribution in [0.1, 0.15) is 65.2 Å². The zero-order chi connectivity index (χ0) is 23.5. The SMILES string of the molecule is C=C(C)C(=O)OCC1CCCC(COCC2CC3CC2C2CC(COC(=O)C(=C)C)CC32)C1. The third kappa shape index (κ3) is 5.90. The molecule has 8 atom stereocenters. The number of esters is 2. The van der Waals surface area contributed by atoms with E-state index in [0.29, 0.717) is 48.0 Å². The van der Waals surface area contributed by atoms with Crippen LogP contribution in [0.25, 0.3) is 0 Å². The lowest BCUT2D eigenvalue weighted by atomic mass is 9.76. The Bertz CT molecular complexity index is 757. The van der Waals surface area contributed by atoms with Crippen LogP contribution >= 0.6 is 0 Å². The number of fused-ring (bicyclic) bond motifs is 5. The van der Waals surface area contributed by atoms with Gasteiger partial charge in [-0.2, -0.15) is 0 Å². The number of rotatable bonds is 10. The van der Waals surface area contributed by atoms with Crippen LogP contribution in [0.3, 0.4) is 0 Å². The summed E-state index contributed by atoms with van der Waals surface area (Å²) in [4.78, 5) is 23.4. The summed E-state index contributed by atoms with van der Waals surface area (Å²) in [6.07, 6.45) is 9.76. The average Bonchev–Trinajstić information content (AvgIpc) is 3.47. The lowest BCUT2D eigenvalue weighted by Crippen LogP contribution is -2.29. The summed E-state index contributed by atoms with van der Waals surface area (Å²) < 4.78 is 17.1. The van der Waals surface area contributed by atoms with E-state index in [4.69, 9.17) is 14.2 Å². The second-order valence-corrected chi connectivity index (χ2v) is 11.5. The molecule has 4 aliphatic rings. The molecule has 0 aromatic heterocycles. The van der Waals surface area contributed by atoms with Gasteiger partial charge in [0.2, 0.25) is 0 Å². The van der Waals surface area contributed by atoms with E-state index >= 15 is 0 Å². The summed E-state index contributed by atoms with van der Waals surface area (Å²) in [5, 5.41) is 0. The second kappa shape index (κ2) is 10.8. The molecule has 2 bridgehead atoms. The fourth-order valence-corrected chi connectivity index (χ4v) is 7.38. The highest BCUT2D eigenvalue weighted by molar-refractivity contribution is 5.87. The quantitative estimate of drug-likeness (QED) is 0.326. The van der Waals surface area contributed by atoms with Crippen LogP contribution in [-0.2, 0) is 23.8 Å². The van der Waals surface area contributed by atoms with Crippen LogP contribution in [0.2, 0.25) is 0 Å². The lowest BCUT2D eigenvalue weighted by molar-refractivity contribution is -0.141. The summed E-state index contributed by atoms with van der Waals surface area (Å²) in [5.74, 6) is 5.00. The van der Waals surface area contributed by atoms with Gasteiger partial charge in [-0.15, -0.1) is 0 Å². The zero-order valence-corrected chi connectivity index (χ0v) is 20.6.